The van der Waals surface area contributed by atoms with E-state index in [1.54, 1.807) is 0 Å². The van der Waals surface area contributed by atoms with Crippen molar-refractivity contribution in [3.05, 3.63) is 23.9 Å². The van der Waals surface area contributed by atoms with Gasteiger partial charge in [0, 0.05) is 31.4 Å². The molecule has 1 aliphatic heterocycles. The van der Waals surface area contributed by atoms with E-state index in [2.05, 4.69) is 10.3 Å². The highest BCUT2D eigenvalue weighted by molar-refractivity contribution is 5.43. The Balaban J connectivity index is 2.23. The van der Waals surface area contributed by atoms with Crippen LogP contribution in [0, 0.1) is 0 Å². The van der Waals surface area contributed by atoms with Crippen molar-refractivity contribution in [2.45, 2.75) is 25.6 Å². The molecule has 1 aliphatic rings. The molecule has 2 rings (SSSR count). The maximum atomic E-state index is 12.6. The van der Waals surface area contributed by atoms with E-state index in [4.69, 9.17) is 0 Å². The summed E-state index contributed by atoms with van der Waals surface area (Å²) in [6.45, 7) is 6.09. The van der Waals surface area contributed by atoms with E-state index >= 15 is 0 Å². The van der Waals surface area contributed by atoms with Crippen LogP contribution in [-0.4, -0.2) is 30.2 Å². The summed E-state index contributed by atoms with van der Waals surface area (Å²) >= 11 is 0. The number of piperazine rings is 1. The predicted octanol–water partition coefficient (Wildman–Crippen LogP) is 2.29. The molecule has 1 aromatic rings. The smallest absolute Gasteiger partial charge is 0.354 e. The number of halogens is 3. The summed E-state index contributed by atoms with van der Waals surface area (Å²) in [4.78, 5) is 5.92. The number of nitrogens with one attached hydrogen (secondary N) is 1. The third-order valence-corrected chi connectivity index (χ3v) is 2.97. The van der Waals surface area contributed by atoms with Crippen molar-refractivity contribution in [3.8, 4) is 0 Å². The lowest BCUT2D eigenvalue weighted by molar-refractivity contribution is -0.137. The largest absolute Gasteiger partial charge is 0.416 e. The quantitative estimate of drug-likeness (QED) is 0.838. The fraction of sp³-hybridized carbons (Fsp3) is 0.583. The van der Waals surface area contributed by atoms with Crippen LogP contribution in [-0.2, 0) is 6.18 Å². The molecule has 3 nitrogen and oxygen atoms in total. The lowest BCUT2D eigenvalue weighted by atomic mass is 10.0. The number of hydrogen-bond acceptors (Lipinski definition) is 3. The van der Waals surface area contributed by atoms with Crippen molar-refractivity contribution < 1.29 is 13.2 Å². The van der Waals surface area contributed by atoms with E-state index in [-0.39, 0.29) is 5.54 Å². The molecule has 1 fully saturated rings. The number of nitrogens with zero attached hydrogens (tertiary/aromatic N) is 2. The van der Waals surface area contributed by atoms with Gasteiger partial charge in [-0.25, -0.2) is 4.98 Å². The Kier molecular flexibility index (Phi) is 3.23. The van der Waals surface area contributed by atoms with Crippen LogP contribution < -0.4 is 10.2 Å². The Morgan fingerprint density at radius 2 is 2.11 bits per heavy atom. The second kappa shape index (κ2) is 4.42. The third kappa shape index (κ3) is 2.93. The van der Waals surface area contributed by atoms with E-state index < -0.39 is 11.7 Å². The number of aromatic nitrogens is 1. The fourth-order valence-electron chi connectivity index (χ4n) is 2.10. The van der Waals surface area contributed by atoms with Crippen LogP contribution in [0.15, 0.2) is 18.3 Å². The molecular formula is C12H16F3N3. The first-order chi connectivity index (χ1) is 8.28. The van der Waals surface area contributed by atoms with Crippen LogP contribution in [0.3, 0.4) is 0 Å². The van der Waals surface area contributed by atoms with Gasteiger partial charge in [0.05, 0.1) is 5.56 Å². The standard InChI is InChI=1S/C12H16F3N3/c1-11(2)8-18(6-5-17-11)10-7-9(3-4-16-10)12(13,14)15/h3-4,7,17H,5-6,8H2,1-2H3. The average Bonchev–Trinajstić information content (AvgIpc) is 2.27. The summed E-state index contributed by atoms with van der Waals surface area (Å²) in [5.74, 6) is 0.388. The van der Waals surface area contributed by atoms with E-state index in [9.17, 15) is 13.2 Å². The van der Waals surface area contributed by atoms with Gasteiger partial charge in [0.2, 0.25) is 0 Å². The van der Waals surface area contributed by atoms with Gasteiger partial charge in [-0.2, -0.15) is 13.2 Å². The summed E-state index contributed by atoms with van der Waals surface area (Å²) in [6, 6.07) is 2.11. The van der Waals surface area contributed by atoms with Crippen LogP contribution in [0.4, 0.5) is 19.0 Å². The third-order valence-electron chi connectivity index (χ3n) is 2.97. The molecule has 0 aromatic carbocycles. The zero-order valence-electron chi connectivity index (χ0n) is 10.4. The molecular weight excluding hydrogens is 243 g/mol. The lowest BCUT2D eigenvalue weighted by Gasteiger charge is -2.39. The highest BCUT2D eigenvalue weighted by atomic mass is 19.4. The van der Waals surface area contributed by atoms with Gasteiger partial charge in [0.25, 0.3) is 0 Å². The first-order valence-corrected chi connectivity index (χ1v) is 5.81. The van der Waals surface area contributed by atoms with Gasteiger partial charge in [-0.05, 0) is 26.0 Å². The topological polar surface area (TPSA) is 28.2 Å². The Hall–Kier alpha value is -1.30. The molecule has 1 N–H and O–H groups in total. The number of anilines is 1. The maximum absolute atomic E-state index is 12.6. The minimum atomic E-state index is -4.32. The molecule has 0 aliphatic carbocycles. The Bertz CT molecular complexity index is 429. The number of rotatable bonds is 1. The van der Waals surface area contributed by atoms with Gasteiger partial charge in [-0.15, -0.1) is 0 Å². The second-order valence-corrected chi connectivity index (χ2v) is 5.13. The van der Waals surface area contributed by atoms with Gasteiger partial charge in [-0.3, -0.25) is 0 Å². The molecule has 1 saturated heterocycles. The average molecular weight is 259 g/mol. The monoisotopic (exact) mass is 259 g/mol. The van der Waals surface area contributed by atoms with Crippen molar-refractivity contribution in [2.75, 3.05) is 24.5 Å². The molecule has 0 bridgehead atoms. The Morgan fingerprint density at radius 3 is 2.72 bits per heavy atom. The highest BCUT2D eigenvalue weighted by Gasteiger charge is 2.32. The van der Waals surface area contributed by atoms with E-state index in [1.807, 2.05) is 18.7 Å². The fourth-order valence-corrected chi connectivity index (χ4v) is 2.10. The van der Waals surface area contributed by atoms with Crippen LogP contribution in [0.2, 0.25) is 0 Å². The van der Waals surface area contributed by atoms with Crippen molar-refractivity contribution in [3.63, 3.8) is 0 Å². The van der Waals surface area contributed by atoms with Crippen molar-refractivity contribution >= 4 is 5.82 Å². The van der Waals surface area contributed by atoms with Crippen LogP contribution in [0.5, 0.6) is 0 Å². The van der Waals surface area contributed by atoms with Crippen molar-refractivity contribution in [2.24, 2.45) is 0 Å². The Labute approximate surface area is 104 Å². The summed E-state index contributed by atoms with van der Waals surface area (Å²) in [6.07, 6.45) is -3.10. The number of pyridine rings is 1. The molecule has 100 valence electrons. The molecule has 1 aromatic heterocycles. The van der Waals surface area contributed by atoms with Crippen LogP contribution in [0.1, 0.15) is 19.4 Å². The molecule has 0 unspecified atom stereocenters. The van der Waals surface area contributed by atoms with Gasteiger partial charge in [0.15, 0.2) is 0 Å². The van der Waals surface area contributed by atoms with Crippen molar-refractivity contribution in [1.82, 2.24) is 10.3 Å². The predicted molar refractivity (Wildman–Crippen MR) is 63.5 cm³/mol. The minimum Gasteiger partial charge on any atom is -0.354 e. The van der Waals surface area contributed by atoms with Gasteiger partial charge in [0.1, 0.15) is 5.82 Å². The molecule has 18 heavy (non-hydrogen) atoms. The van der Waals surface area contributed by atoms with Crippen molar-refractivity contribution in [1.29, 1.82) is 0 Å². The van der Waals surface area contributed by atoms with Gasteiger partial charge in [-0.1, -0.05) is 0 Å². The van der Waals surface area contributed by atoms with Crippen LogP contribution >= 0.6 is 0 Å². The van der Waals surface area contributed by atoms with E-state index in [0.29, 0.717) is 18.9 Å². The normalized spacial score (nSPS) is 19.9. The summed E-state index contributed by atoms with van der Waals surface area (Å²) in [5.41, 5.74) is -0.766. The summed E-state index contributed by atoms with van der Waals surface area (Å²) in [7, 11) is 0. The molecule has 0 saturated carbocycles. The summed E-state index contributed by atoms with van der Waals surface area (Å²) < 4.78 is 37.9. The first kappa shape index (κ1) is 13.1. The molecule has 0 spiro atoms. The Morgan fingerprint density at radius 1 is 1.39 bits per heavy atom. The zero-order chi connectivity index (χ0) is 13.4. The molecule has 0 radical (unpaired) electrons. The van der Waals surface area contributed by atoms with Gasteiger partial charge < -0.3 is 10.2 Å². The molecule has 0 atom stereocenters. The second-order valence-electron chi connectivity index (χ2n) is 5.13. The molecule has 0 amide bonds. The SMILES string of the molecule is CC1(C)CN(c2cc(C(F)(F)F)ccn2)CCN1. The summed E-state index contributed by atoms with van der Waals surface area (Å²) in [5, 5.41) is 3.31. The molecule has 6 heteroatoms. The number of alkyl halides is 3. The van der Waals surface area contributed by atoms with E-state index in [1.165, 1.54) is 6.20 Å². The lowest BCUT2D eigenvalue weighted by Crippen LogP contribution is -2.57. The first-order valence-electron chi connectivity index (χ1n) is 5.81. The van der Waals surface area contributed by atoms with Crippen LogP contribution in [0.25, 0.3) is 0 Å². The zero-order valence-corrected chi connectivity index (χ0v) is 10.4. The highest BCUT2D eigenvalue weighted by Crippen LogP contribution is 2.31. The van der Waals surface area contributed by atoms with E-state index in [0.717, 1.165) is 18.7 Å². The maximum Gasteiger partial charge on any atom is 0.416 e. The number of hydrogen-bond donors (Lipinski definition) is 1. The minimum absolute atomic E-state index is 0.117. The molecule has 2 heterocycles. The van der Waals surface area contributed by atoms with Gasteiger partial charge >= 0.3 is 6.18 Å².